The van der Waals surface area contributed by atoms with Crippen LogP contribution in [-0.2, 0) is 29.1 Å². The van der Waals surface area contributed by atoms with Crippen LogP contribution in [0.2, 0.25) is 0 Å². The average Bonchev–Trinajstić information content (AvgIpc) is 3.82. The first kappa shape index (κ1) is 31.2. The zero-order valence-corrected chi connectivity index (χ0v) is 27.3. The Morgan fingerprint density at radius 1 is 1.06 bits per heavy atom. The summed E-state index contributed by atoms with van der Waals surface area (Å²) in [5.41, 5.74) is 10.3. The van der Waals surface area contributed by atoms with Crippen LogP contribution >= 0.6 is 11.3 Å². The largest absolute Gasteiger partial charge is 0.375 e. The number of amides is 4. The third-order valence-electron chi connectivity index (χ3n) is 8.71. The van der Waals surface area contributed by atoms with Crippen molar-refractivity contribution < 1.29 is 14.4 Å². The van der Waals surface area contributed by atoms with Gasteiger partial charge in [0.1, 0.15) is 12.2 Å². The van der Waals surface area contributed by atoms with Crippen LogP contribution in [-0.4, -0.2) is 94.6 Å². The van der Waals surface area contributed by atoms with Crippen LogP contribution in [0.15, 0.2) is 72.8 Å². The van der Waals surface area contributed by atoms with Gasteiger partial charge in [0.2, 0.25) is 11.8 Å². The zero-order chi connectivity index (χ0) is 33.4. The molecule has 4 amide bonds. The van der Waals surface area contributed by atoms with E-state index in [1.165, 1.54) is 11.3 Å². The number of hydrazine groups is 1. The van der Waals surface area contributed by atoms with Crippen molar-refractivity contribution in [2.75, 3.05) is 18.8 Å². The fraction of sp³-hybridized carbons (Fsp3) is 0.303. The number of carbonyl (C=O) groups is 3. The number of benzene rings is 3. The van der Waals surface area contributed by atoms with Crippen molar-refractivity contribution in [1.29, 1.82) is 0 Å². The number of nitrogen functional groups attached to an aromatic ring is 1. The molecule has 246 valence electrons. The number of rotatable bonds is 9. The van der Waals surface area contributed by atoms with Gasteiger partial charge in [-0.25, -0.2) is 14.9 Å². The van der Waals surface area contributed by atoms with Gasteiger partial charge in [-0.05, 0) is 47.0 Å². The molecule has 5 aromatic rings. The number of urea groups is 1. The quantitative estimate of drug-likeness (QED) is 0.214. The number of hydrogen-bond donors (Lipinski definition) is 3. The van der Waals surface area contributed by atoms with Crippen molar-refractivity contribution in [3.05, 3.63) is 89.5 Å². The molecule has 4 N–H and O–H groups in total. The molecule has 2 atom stereocenters. The first-order valence-corrected chi connectivity index (χ1v) is 16.5. The van der Waals surface area contributed by atoms with Gasteiger partial charge in [-0.15, -0.1) is 5.10 Å². The molecule has 0 aliphatic carbocycles. The summed E-state index contributed by atoms with van der Waals surface area (Å²) in [6.45, 7) is 4.63. The van der Waals surface area contributed by atoms with Gasteiger partial charge in [0, 0.05) is 31.1 Å². The van der Waals surface area contributed by atoms with E-state index in [0.29, 0.717) is 17.5 Å². The molecule has 15 heteroatoms. The highest BCUT2D eigenvalue weighted by Gasteiger charge is 2.52. The van der Waals surface area contributed by atoms with Crippen LogP contribution in [0, 0.1) is 0 Å². The molecular formula is C33H35N11O3S. The number of nitrogens with two attached hydrogens (primary N) is 1. The number of tetrazole rings is 1. The maximum Gasteiger partial charge on any atom is 0.332 e. The van der Waals surface area contributed by atoms with Gasteiger partial charge in [0.05, 0.1) is 23.3 Å². The Hall–Kier alpha value is -5.41. The molecule has 14 nitrogen and oxygen atoms in total. The Kier molecular flexibility index (Phi) is 8.45. The van der Waals surface area contributed by atoms with Crippen molar-refractivity contribution in [2.24, 2.45) is 0 Å². The van der Waals surface area contributed by atoms with E-state index in [4.69, 9.17) is 5.73 Å². The van der Waals surface area contributed by atoms with Crippen molar-refractivity contribution in [2.45, 2.75) is 51.6 Å². The average molecular weight is 666 g/mol. The molecule has 0 saturated carbocycles. The molecule has 0 bridgehead atoms. The molecule has 2 aliphatic heterocycles. The highest BCUT2D eigenvalue weighted by molar-refractivity contribution is 7.22. The topological polar surface area (TPSA) is 170 Å². The summed E-state index contributed by atoms with van der Waals surface area (Å²) in [4.78, 5) is 49.9. The van der Waals surface area contributed by atoms with Crippen LogP contribution < -0.4 is 11.1 Å². The van der Waals surface area contributed by atoms with Gasteiger partial charge >= 0.3 is 6.03 Å². The number of fused-ring (bicyclic) bond motifs is 2. The maximum absolute atomic E-state index is 14.4. The highest BCUT2D eigenvalue weighted by Crippen LogP contribution is 2.33. The third kappa shape index (κ3) is 6.04. The molecule has 3 aromatic carbocycles. The van der Waals surface area contributed by atoms with Crippen LogP contribution in [0.5, 0.6) is 0 Å². The minimum Gasteiger partial charge on any atom is -0.375 e. The molecule has 0 radical (unpaired) electrons. The Morgan fingerprint density at radius 2 is 1.85 bits per heavy atom. The van der Waals surface area contributed by atoms with Crippen LogP contribution in [0.4, 0.5) is 9.93 Å². The summed E-state index contributed by atoms with van der Waals surface area (Å²) in [5, 5.41) is 20.9. The molecular weight excluding hydrogens is 631 g/mol. The predicted octanol–water partition coefficient (Wildman–Crippen LogP) is 3.02. The monoisotopic (exact) mass is 665 g/mol. The predicted molar refractivity (Wildman–Crippen MR) is 180 cm³/mol. The number of anilines is 1. The number of carbonyl (C=O) groups excluding carboxylic acids is 3. The van der Waals surface area contributed by atoms with Gasteiger partial charge in [-0.3, -0.25) is 14.6 Å². The Balaban J connectivity index is 1.20. The lowest BCUT2D eigenvalue weighted by molar-refractivity contribution is -0.158. The molecule has 0 spiro atoms. The lowest BCUT2D eigenvalue weighted by Crippen LogP contribution is -2.66. The second-order valence-electron chi connectivity index (χ2n) is 12.2. The second kappa shape index (κ2) is 13.0. The SMILES string of the molecule is CC(C)N(C(=O)NCc1ccccc1)N1CC(=O)N2[C@@H](Cc3ccc(-c4nnn[nH]4)cc3)C(=O)N(Cc3cccc4sc(N)nc34)C[C@@H]21. The summed E-state index contributed by atoms with van der Waals surface area (Å²) < 4.78 is 0.938. The Bertz CT molecular complexity index is 1930. The highest BCUT2D eigenvalue weighted by atomic mass is 32.1. The van der Waals surface area contributed by atoms with Crippen molar-refractivity contribution in [3.8, 4) is 11.4 Å². The van der Waals surface area contributed by atoms with E-state index in [1.54, 1.807) is 19.8 Å². The van der Waals surface area contributed by atoms with Gasteiger partial charge in [-0.2, -0.15) is 5.01 Å². The van der Waals surface area contributed by atoms with Crippen molar-refractivity contribution in [3.63, 3.8) is 0 Å². The molecule has 7 rings (SSSR count). The number of aromatic nitrogens is 5. The molecule has 2 aliphatic rings. The van der Waals surface area contributed by atoms with E-state index in [0.717, 1.165) is 32.5 Å². The number of H-pyrrole nitrogens is 1. The minimum absolute atomic E-state index is 0.0329. The van der Waals surface area contributed by atoms with E-state index in [9.17, 15) is 14.4 Å². The van der Waals surface area contributed by atoms with Crippen LogP contribution in [0.25, 0.3) is 21.6 Å². The van der Waals surface area contributed by atoms with Crippen molar-refractivity contribution >= 4 is 44.5 Å². The fourth-order valence-corrected chi connectivity index (χ4v) is 7.31. The molecule has 48 heavy (non-hydrogen) atoms. The molecule has 2 saturated heterocycles. The lowest BCUT2D eigenvalue weighted by Gasteiger charge is -2.47. The number of nitrogens with one attached hydrogen (secondary N) is 2. The second-order valence-corrected chi connectivity index (χ2v) is 13.2. The number of nitrogens with zero attached hydrogens (tertiary/aromatic N) is 8. The van der Waals surface area contributed by atoms with Gasteiger partial charge in [-0.1, -0.05) is 78.1 Å². The number of thiazole rings is 1. The standard InChI is InChI=1S/C33H35N11O3S/c1-20(2)44(33(47)35-16-22-7-4-3-5-8-22)42-19-28(45)43-25(15-21-11-13-23(14-12-21)30-37-39-40-38-30)31(46)41(18-27(42)43)17-24-9-6-10-26-29(24)36-32(34)48-26/h3-14,20,25,27H,15-19H2,1-2H3,(H2,34,36)(H,35,47)(H,37,38,39,40)/t25-,27+/m0/s1. The van der Waals surface area contributed by atoms with Gasteiger partial charge in [0.25, 0.3) is 0 Å². The Morgan fingerprint density at radius 3 is 2.58 bits per heavy atom. The molecule has 2 aromatic heterocycles. The lowest BCUT2D eigenvalue weighted by atomic mass is 9.99. The normalized spacial score (nSPS) is 18.1. The summed E-state index contributed by atoms with van der Waals surface area (Å²) in [6, 6.07) is 21.7. The summed E-state index contributed by atoms with van der Waals surface area (Å²) in [6.07, 6.45) is -0.278. The van der Waals surface area contributed by atoms with E-state index in [2.05, 4.69) is 30.9 Å². The van der Waals surface area contributed by atoms with E-state index < -0.39 is 12.2 Å². The van der Waals surface area contributed by atoms with Gasteiger partial charge in [0.15, 0.2) is 11.0 Å². The molecule has 0 unspecified atom stereocenters. The van der Waals surface area contributed by atoms with Gasteiger partial charge < -0.3 is 20.9 Å². The van der Waals surface area contributed by atoms with Crippen LogP contribution in [0.3, 0.4) is 0 Å². The fourth-order valence-electron chi connectivity index (χ4n) is 6.53. The molecule has 4 heterocycles. The van der Waals surface area contributed by atoms with E-state index in [-0.39, 0.29) is 49.9 Å². The number of aromatic amines is 1. The van der Waals surface area contributed by atoms with Crippen LogP contribution in [0.1, 0.15) is 30.5 Å². The summed E-state index contributed by atoms with van der Waals surface area (Å²) >= 11 is 1.40. The number of hydrogen-bond acceptors (Lipinski definition) is 10. The maximum atomic E-state index is 14.4. The van der Waals surface area contributed by atoms with Crippen molar-refractivity contribution in [1.82, 2.24) is 50.7 Å². The number of para-hydroxylation sites is 1. The number of piperazine rings is 1. The minimum atomic E-state index is -0.792. The summed E-state index contributed by atoms with van der Waals surface area (Å²) in [5.74, 6) is 0.149. The Labute approximate surface area is 280 Å². The first-order valence-electron chi connectivity index (χ1n) is 15.7. The summed E-state index contributed by atoms with van der Waals surface area (Å²) in [7, 11) is 0. The first-order chi connectivity index (χ1) is 23.3. The zero-order valence-electron chi connectivity index (χ0n) is 26.5. The van der Waals surface area contributed by atoms with E-state index >= 15 is 0 Å². The molecule has 2 fully saturated rings. The van der Waals surface area contributed by atoms with E-state index in [1.807, 2.05) is 86.6 Å². The smallest absolute Gasteiger partial charge is 0.332 e. The third-order valence-corrected chi connectivity index (χ3v) is 9.56.